The van der Waals surface area contributed by atoms with Crippen molar-refractivity contribution in [2.24, 2.45) is 0 Å². The van der Waals surface area contributed by atoms with E-state index in [0.29, 0.717) is 5.82 Å². The minimum atomic E-state index is 0.210. The van der Waals surface area contributed by atoms with Crippen molar-refractivity contribution in [1.82, 2.24) is 19.9 Å². The molecule has 1 fully saturated rings. The fourth-order valence-corrected chi connectivity index (χ4v) is 2.45. The molecule has 0 aliphatic carbocycles. The maximum atomic E-state index is 5.25. The van der Waals surface area contributed by atoms with Gasteiger partial charge in [-0.2, -0.15) is 4.98 Å². The number of ether oxygens (including phenoxy) is 1. The average molecular weight is 268 g/mol. The number of piperazine rings is 1. The minimum Gasteiger partial charge on any atom is -0.385 e. The molecule has 1 aromatic rings. The molecule has 6 nitrogen and oxygen atoms in total. The molecule has 0 unspecified atom stereocenters. The molecule has 0 radical (unpaired) electrons. The zero-order valence-corrected chi connectivity index (χ0v) is 12.1. The van der Waals surface area contributed by atoms with E-state index in [1.807, 2.05) is 6.92 Å². The van der Waals surface area contributed by atoms with Crippen molar-refractivity contribution in [2.75, 3.05) is 46.4 Å². The summed E-state index contributed by atoms with van der Waals surface area (Å²) in [7, 11) is 1.76. The van der Waals surface area contributed by atoms with Crippen LogP contribution in [-0.2, 0) is 4.74 Å². The second-order valence-electron chi connectivity index (χ2n) is 5.08. The molecule has 0 spiro atoms. The van der Waals surface area contributed by atoms with Gasteiger partial charge in [-0.3, -0.25) is 4.90 Å². The fourth-order valence-electron chi connectivity index (χ4n) is 2.45. The summed E-state index contributed by atoms with van der Waals surface area (Å²) in [6.07, 6.45) is 1.11. The van der Waals surface area contributed by atoms with Gasteiger partial charge in [0.1, 0.15) is 0 Å². The Labute approximate surface area is 114 Å². The van der Waals surface area contributed by atoms with Gasteiger partial charge in [-0.1, -0.05) is 5.16 Å². The summed E-state index contributed by atoms with van der Waals surface area (Å²) >= 11 is 0. The summed E-state index contributed by atoms with van der Waals surface area (Å²) in [6, 6.07) is 0.210. The van der Waals surface area contributed by atoms with Gasteiger partial charge < -0.3 is 14.2 Å². The van der Waals surface area contributed by atoms with Crippen LogP contribution in [0.25, 0.3) is 0 Å². The lowest BCUT2D eigenvalue weighted by molar-refractivity contribution is 0.0816. The summed E-state index contributed by atoms with van der Waals surface area (Å²) in [4.78, 5) is 9.21. The zero-order chi connectivity index (χ0) is 13.7. The molecule has 108 valence electrons. The summed E-state index contributed by atoms with van der Waals surface area (Å²) in [6.45, 7) is 10.3. The fraction of sp³-hybridized carbons (Fsp3) is 0.846. The van der Waals surface area contributed by atoms with Crippen molar-refractivity contribution in [1.29, 1.82) is 0 Å². The van der Waals surface area contributed by atoms with E-state index in [1.54, 1.807) is 7.11 Å². The predicted octanol–water partition coefficient (Wildman–Crippen LogP) is 1.09. The third-order valence-electron chi connectivity index (χ3n) is 3.68. The highest BCUT2D eigenvalue weighted by molar-refractivity contribution is 4.91. The SMILES string of the molecule is COCCCN1CCN([C@@H](C)c2nc(C)no2)CC1. The maximum absolute atomic E-state index is 5.25. The van der Waals surface area contributed by atoms with Crippen LogP contribution < -0.4 is 0 Å². The van der Waals surface area contributed by atoms with Gasteiger partial charge in [-0.05, 0) is 20.3 Å². The molecule has 0 amide bonds. The molecule has 1 aliphatic rings. The molecule has 0 bridgehead atoms. The lowest BCUT2D eigenvalue weighted by Crippen LogP contribution is -2.47. The van der Waals surface area contributed by atoms with Gasteiger partial charge in [0, 0.05) is 46.4 Å². The third-order valence-corrected chi connectivity index (χ3v) is 3.68. The first-order chi connectivity index (χ1) is 9.20. The number of aromatic nitrogens is 2. The van der Waals surface area contributed by atoms with Crippen LogP contribution in [0.4, 0.5) is 0 Å². The first-order valence-electron chi connectivity index (χ1n) is 6.96. The quantitative estimate of drug-likeness (QED) is 0.720. The molecule has 0 aromatic carbocycles. The van der Waals surface area contributed by atoms with Gasteiger partial charge in [-0.25, -0.2) is 0 Å². The molecular formula is C13H24N4O2. The van der Waals surface area contributed by atoms with E-state index in [0.717, 1.165) is 51.6 Å². The van der Waals surface area contributed by atoms with Crippen molar-refractivity contribution < 1.29 is 9.26 Å². The molecule has 2 heterocycles. The Morgan fingerprint density at radius 1 is 1.32 bits per heavy atom. The van der Waals surface area contributed by atoms with E-state index in [9.17, 15) is 0 Å². The van der Waals surface area contributed by atoms with Crippen LogP contribution in [0.5, 0.6) is 0 Å². The van der Waals surface area contributed by atoms with Gasteiger partial charge in [0.25, 0.3) is 0 Å². The number of rotatable bonds is 6. The molecule has 6 heteroatoms. The first kappa shape index (κ1) is 14.4. The van der Waals surface area contributed by atoms with Crippen LogP contribution >= 0.6 is 0 Å². The minimum absolute atomic E-state index is 0.210. The molecular weight excluding hydrogens is 244 g/mol. The molecule has 0 saturated carbocycles. The van der Waals surface area contributed by atoms with Gasteiger partial charge >= 0.3 is 0 Å². The van der Waals surface area contributed by atoms with Gasteiger partial charge in [0.2, 0.25) is 5.89 Å². The number of aryl methyl sites for hydroxylation is 1. The molecule has 19 heavy (non-hydrogen) atoms. The highest BCUT2D eigenvalue weighted by atomic mass is 16.5. The van der Waals surface area contributed by atoms with E-state index >= 15 is 0 Å². The molecule has 1 saturated heterocycles. The third kappa shape index (κ3) is 3.99. The Kier molecular flexibility index (Phi) is 5.30. The van der Waals surface area contributed by atoms with E-state index in [4.69, 9.17) is 9.26 Å². The first-order valence-corrected chi connectivity index (χ1v) is 6.96. The summed E-state index contributed by atoms with van der Waals surface area (Å²) in [5.74, 6) is 1.44. The molecule has 1 atom stereocenters. The Hall–Kier alpha value is -0.980. The van der Waals surface area contributed by atoms with Crippen molar-refractivity contribution >= 4 is 0 Å². The Balaban J connectivity index is 1.76. The Morgan fingerprint density at radius 3 is 2.63 bits per heavy atom. The summed E-state index contributed by atoms with van der Waals surface area (Å²) in [5.41, 5.74) is 0. The normalized spacial score (nSPS) is 19.7. The molecule has 0 N–H and O–H groups in total. The van der Waals surface area contributed by atoms with Crippen LogP contribution in [-0.4, -0.2) is 66.4 Å². The van der Waals surface area contributed by atoms with Gasteiger partial charge in [0.05, 0.1) is 6.04 Å². The maximum Gasteiger partial charge on any atom is 0.243 e. The number of nitrogens with zero attached hydrogens (tertiary/aromatic N) is 4. The van der Waals surface area contributed by atoms with Crippen LogP contribution in [0.1, 0.15) is 31.1 Å². The van der Waals surface area contributed by atoms with Crippen LogP contribution in [0, 0.1) is 6.92 Å². The molecule has 1 aliphatic heterocycles. The molecule has 1 aromatic heterocycles. The van der Waals surface area contributed by atoms with Gasteiger partial charge in [0.15, 0.2) is 5.82 Å². The topological polar surface area (TPSA) is 54.6 Å². The van der Waals surface area contributed by atoms with Crippen molar-refractivity contribution in [3.05, 3.63) is 11.7 Å². The van der Waals surface area contributed by atoms with E-state index in [2.05, 4.69) is 26.9 Å². The van der Waals surface area contributed by atoms with E-state index in [-0.39, 0.29) is 6.04 Å². The number of hydrogen-bond acceptors (Lipinski definition) is 6. The van der Waals surface area contributed by atoms with E-state index in [1.165, 1.54) is 0 Å². The second-order valence-corrected chi connectivity index (χ2v) is 5.08. The smallest absolute Gasteiger partial charge is 0.243 e. The lowest BCUT2D eigenvalue weighted by Gasteiger charge is -2.36. The summed E-state index contributed by atoms with van der Waals surface area (Å²) in [5, 5.41) is 3.86. The largest absolute Gasteiger partial charge is 0.385 e. The van der Waals surface area contributed by atoms with Crippen LogP contribution in [0.15, 0.2) is 4.52 Å². The number of methoxy groups -OCH3 is 1. The van der Waals surface area contributed by atoms with Crippen molar-refractivity contribution in [3.8, 4) is 0 Å². The van der Waals surface area contributed by atoms with Gasteiger partial charge in [-0.15, -0.1) is 0 Å². The predicted molar refractivity (Wildman–Crippen MR) is 72.0 cm³/mol. The van der Waals surface area contributed by atoms with Crippen molar-refractivity contribution in [3.63, 3.8) is 0 Å². The van der Waals surface area contributed by atoms with E-state index < -0.39 is 0 Å². The lowest BCUT2D eigenvalue weighted by atomic mass is 10.2. The highest BCUT2D eigenvalue weighted by Gasteiger charge is 2.25. The Morgan fingerprint density at radius 2 is 2.05 bits per heavy atom. The highest BCUT2D eigenvalue weighted by Crippen LogP contribution is 2.19. The average Bonchev–Trinajstić information content (AvgIpc) is 2.86. The van der Waals surface area contributed by atoms with Crippen molar-refractivity contribution in [2.45, 2.75) is 26.3 Å². The molecule has 2 rings (SSSR count). The Bertz CT molecular complexity index is 374. The zero-order valence-electron chi connectivity index (χ0n) is 12.1. The summed E-state index contributed by atoms with van der Waals surface area (Å²) < 4.78 is 10.3. The van der Waals surface area contributed by atoms with Crippen LogP contribution in [0.3, 0.4) is 0 Å². The standard InChI is InChI=1S/C13H24N4O2/c1-11(13-14-12(2)15-19-13)17-8-6-16(7-9-17)5-4-10-18-3/h11H,4-10H2,1-3H3/t11-/m0/s1. The van der Waals surface area contributed by atoms with Crippen LogP contribution in [0.2, 0.25) is 0 Å². The second kappa shape index (κ2) is 6.98. The monoisotopic (exact) mass is 268 g/mol. The number of hydrogen-bond donors (Lipinski definition) is 0.